The molecule has 0 saturated carbocycles. The number of phenolic OH excluding ortho intramolecular Hbond substituents is 1. The van der Waals surface area contributed by atoms with Gasteiger partial charge in [-0.3, -0.25) is 4.79 Å². The van der Waals surface area contributed by atoms with Gasteiger partial charge in [0.15, 0.2) is 0 Å². The second kappa shape index (κ2) is 5.39. The molecule has 0 saturated heterocycles. The Kier molecular flexibility index (Phi) is 3.66. The third-order valence-corrected chi connectivity index (χ3v) is 2.59. The molecule has 0 aromatic heterocycles. The van der Waals surface area contributed by atoms with Gasteiger partial charge in [-0.05, 0) is 29.8 Å². The Morgan fingerprint density at radius 1 is 1.21 bits per heavy atom. The Bertz CT molecular complexity index is 597. The van der Waals surface area contributed by atoms with E-state index in [0.717, 1.165) is 0 Å². The average molecular weight is 260 g/mol. The first kappa shape index (κ1) is 12.9. The summed E-state index contributed by atoms with van der Waals surface area (Å²) in [6, 6.07) is 10.0. The average Bonchev–Trinajstić information content (AvgIpc) is 2.36. The van der Waals surface area contributed by atoms with Crippen LogP contribution in [0.15, 0.2) is 42.5 Å². The van der Waals surface area contributed by atoms with Gasteiger partial charge in [-0.25, -0.2) is 4.39 Å². The van der Waals surface area contributed by atoms with Gasteiger partial charge >= 0.3 is 0 Å². The van der Waals surface area contributed by atoms with E-state index in [1.54, 1.807) is 12.1 Å². The Labute approximate surface area is 109 Å². The first-order valence-electron chi connectivity index (χ1n) is 5.67. The molecule has 5 heteroatoms. The first-order valence-corrected chi connectivity index (χ1v) is 5.67. The lowest BCUT2D eigenvalue weighted by molar-refractivity contribution is -0.115. The number of benzene rings is 2. The van der Waals surface area contributed by atoms with E-state index in [9.17, 15) is 14.3 Å². The van der Waals surface area contributed by atoms with E-state index in [2.05, 4.69) is 5.32 Å². The number of nitrogen functional groups attached to an aromatic ring is 1. The molecule has 0 atom stereocenters. The maximum atomic E-state index is 12.7. The van der Waals surface area contributed by atoms with E-state index < -0.39 is 0 Å². The van der Waals surface area contributed by atoms with Crippen molar-refractivity contribution < 1.29 is 14.3 Å². The van der Waals surface area contributed by atoms with Gasteiger partial charge in [-0.1, -0.05) is 12.1 Å². The quantitative estimate of drug-likeness (QED) is 0.585. The number of halogens is 1. The number of aromatic hydroxyl groups is 1. The summed E-state index contributed by atoms with van der Waals surface area (Å²) < 4.78 is 12.7. The van der Waals surface area contributed by atoms with Crippen LogP contribution < -0.4 is 11.1 Å². The third-order valence-electron chi connectivity index (χ3n) is 2.59. The molecule has 0 bridgehead atoms. The fourth-order valence-corrected chi connectivity index (χ4v) is 1.65. The highest BCUT2D eigenvalue weighted by atomic mass is 19.1. The molecule has 0 heterocycles. The zero-order valence-electron chi connectivity index (χ0n) is 10.1. The van der Waals surface area contributed by atoms with Crippen LogP contribution in [-0.4, -0.2) is 11.0 Å². The number of carbonyl (C=O) groups excluding carboxylic acids is 1. The molecular formula is C14H13FN2O2. The number of amides is 1. The van der Waals surface area contributed by atoms with Gasteiger partial charge in [-0.15, -0.1) is 0 Å². The van der Waals surface area contributed by atoms with Crippen LogP contribution in [0.4, 0.5) is 15.8 Å². The van der Waals surface area contributed by atoms with Gasteiger partial charge in [0, 0.05) is 6.07 Å². The van der Waals surface area contributed by atoms with Crippen molar-refractivity contribution >= 4 is 17.3 Å². The molecule has 4 N–H and O–H groups in total. The van der Waals surface area contributed by atoms with E-state index in [4.69, 9.17) is 5.73 Å². The summed E-state index contributed by atoms with van der Waals surface area (Å²) in [5, 5.41) is 11.8. The molecule has 0 aliphatic carbocycles. The largest absolute Gasteiger partial charge is 0.508 e. The summed E-state index contributed by atoms with van der Waals surface area (Å²) in [7, 11) is 0. The number of nitrogens with two attached hydrogens (primary N) is 1. The van der Waals surface area contributed by atoms with Crippen molar-refractivity contribution in [3.8, 4) is 5.75 Å². The summed E-state index contributed by atoms with van der Waals surface area (Å²) in [4.78, 5) is 11.8. The normalized spacial score (nSPS) is 10.2. The van der Waals surface area contributed by atoms with Crippen molar-refractivity contribution in [1.82, 2.24) is 0 Å². The van der Waals surface area contributed by atoms with Gasteiger partial charge < -0.3 is 16.2 Å². The zero-order chi connectivity index (χ0) is 13.8. The summed E-state index contributed by atoms with van der Waals surface area (Å²) in [5.74, 6) is -0.565. The van der Waals surface area contributed by atoms with Crippen molar-refractivity contribution in [2.75, 3.05) is 11.1 Å². The molecule has 0 aliphatic heterocycles. The maximum absolute atomic E-state index is 12.7. The van der Waals surface area contributed by atoms with Gasteiger partial charge in [-0.2, -0.15) is 0 Å². The fraction of sp³-hybridized carbons (Fsp3) is 0.0714. The van der Waals surface area contributed by atoms with Gasteiger partial charge in [0.1, 0.15) is 11.6 Å². The van der Waals surface area contributed by atoms with Crippen molar-refractivity contribution in [2.24, 2.45) is 0 Å². The van der Waals surface area contributed by atoms with Crippen LogP contribution in [0.5, 0.6) is 5.75 Å². The minimum atomic E-state index is -0.341. The topological polar surface area (TPSA) is 75.3 Å². The molecule has 19 heavy (non-hydrogen) atoms. The van der Waals surface area contributed by atoms with Crippen LogP contribution in [0, 0.1) is 5.82 Å². The molecule has 1 amide bonds. The number of phenols is 1. The van der Waals surface area contributed by atoms with E-state index in [1.807, 2.05) is 0 Å². The van der Waals surface area contributed by atoms with Crippen LogP contribution in [0.3, 0.4) is 0 Å². The van der Waals surface area contributed by atoms with Crippen LogP contribution in [0.25, 0.3) is 0 Å². The second-order valence-electron chi connectivity index (χ2n) is 4.12. The Hall–Kier alpha value is -2.56. The lowest BCUT2D eigenvalue weighted by Gasteiger charge is -2.08. The standard InChI is InChI=1S/C14H13FN2O2/c15-10-3-1-9(2-4-10)7-14(19)17-13-6-5-11(18)8-12(13)16/h1-6,8,18H,7,16H2,(H,17,19). The van der Waals surface area contributed by atoms with Gasteiger partial charge in [0.25, 0.3) is 0 Å². The summed E-state index contributed by atoms with van der Waals surface area (Å²) >= 11 is 0. The molecule has 2 aromatic carbocycles. The van der Waals surface area contributed by atoms with Gasteiger partial charge in [0.2, 0.25) is 5.91 Å². The Morgan fingerprint density at radius 2 is 1.89 bits per heavy atom. The number of carbonyl (C=O) groups is 1. The molecule has 0 spiro atoms. The van der Waals surface area contributed by atoms with E-state index in [-0.39, 0.29) is 29.6 Å². The Balaban J connectivity index is 2.03. The number of hydrogen-bond donors (Lipinski definition) is 3. The zero-order valence-corrected chi connectivity index (χ0v) is 10.1. The van der Waals surface area contributed by atoms with E-state index in [1.165, 1.54) is 30.3 Å². The molecule has 0 aliphatic rings. The minimum absolute atomic E-state index is 0.0361. The van der Waals surface area contributed by atoms with Crippen molar-refractivity contribution in [3.05, 3.63) is 53.8 Å². The SMILES string of the molecule is Nc1cc(O)ccc1NC(=O)Cc1ccc(F)cc1. The third kappa shape index (κ3) is 3.45. The summed E-state index contributed by atoms with van der Waals surface area (Å²) in [5.41, 5.74) is 7.08. The lowest BCUT2D eigenvalue weighted by Crippen LogP contribution is -2.15. The van der Waals surface area contributed by atoms with Crippen LogP contribution in [-0.2, 0) is 11.2 Å². The molecule has 2 rings (SSSR count). The molecule has 0 radical (unpaired) electrons. The summed E-state index contributed by atoms with van der Waals surface area (Å²) in [6.07, 6.45) is 0.126. The highest BCUT2D eigenvalue weighted by Crippen LogP contribution is 2.23. The fourth-order valence-electron chi connectivity index (χ4n) is 1.65. The Morgan fingerprint density at radius 3 is 2.53 bits per heavy atom. The second-order valence-corrected chi connectivity index (χ2v) is 4.12. The monoisotopic (exact) mass is 260 g/mol. The van der Waals surface area contributed by atoms with E-state index in [0.29, 0.717) is 11.3 Å². The summed E-state index contributed by atoms with van der Waals surface area (Å²) in [6.45, 7) is 0. The highest BCUT2D eigenvalue weighted by molar-refractivity contribution is 5.95. The number of anilines is 2. The lowest BCUT2D eigenvalue weighted by atomic mass is 10.1. The van der Waals surface area contributed by atoms with Crippen LogP contribution in [0.2, 0.25) is 0 Å². The maximum Gasteiger partial charge on any atom is 0.228 e. The number of rotatable bonds is 3. The molecular weight excluding hydrogens is 247 g/mol. The molecule has 0 fully saturated rings. The van der Waals surface area contributed by atoms with Crippen LogP contribution >= 0.6 is 0 Å². The molecule has 4 nitrogen and oxygen atoms in total. The predicted molar refractivity (Wildman–Crippen MR) is 71.3 cm³/mol. The van der Waals surface area contributed by atoms with E-state index >= 15 is 0 Å². The molecule has 0 unspecified atom stereocenters. The number of nitrogens with one attached hydrogen (secondary N) is 1. The molecule has 2 aromatic rings. The smallest absolute Gasteiger partial charge is 0.228 e. The van der Waals surface area contributed by atoms with Crippen molar-refractivity contribution in [3.63, 3.8) is 0 Å². The van der Waals surface area contributed by atoms with Crippen molar-refractivity contribution in [1.29, 1.82) is 0 Å². The van der Waals surface area contributed by atoms with Crippen molar-refractivity contribution in [2.45, 2.75) is 6.42 Å². The predicted octanol–water partition coefficient (Wildman–Crippen LogP) is 2.29. The minimum Gasteiger partial charge on any atom is -0.508 e. The highest BCUT2D eigenvalue weighted by Gasteiger charge is 2.07. The van der Waals surface area contributed by atoms with Gasteiger partial charge in [0.05, 0.1) is 17.8 Å². The first-order chi connectivity index (χ1) is 9.04. The molecule has 98 valence electrons. The van der Waals surface area contributed by atoms with Crippen LogP contribution in [0.1, 0.15) is 5.56 Å². The number of hydrogen-bond acceptors (Lipinski definition) is 3.